The fourth-order valence-corrected chi connectivity index (χ4v) is 2.76. The molecule has 1 heterocycles. The Morgan fingerprint density at radius 3 is 2.44 bits per heavy atom. The van der Waals surface area contributed by atoms with Gasteiger partial charge in [0.15, 0.2) is 0 Å². The van der Waals surface area contributed by atoms with Crippen LogP contribution in [0, 0.1) is 0 Å². The predicted octanol–water partition coefficient (Wildman–Crippen LogP) is 3.56. The zero-order valence-electron chi connectivity index (χ0n) is 10.8. The van der Waals surface area contributed by atoms with Gasteiger partial charge >= 0.3 is 0 Å². The van der Waals surface area contributed by atoms with E-state index in [1.165, 1.54) is 16.0 Å². The molecule has 1 aromatic heterocycles. The van der Waals surface area contributed by atoms with Gasteiger partial charge < -0.3 is 10.5 Å². The summed E-state index contributed by atoms with van der Waals surface area (Å²) in [6.45, 7) is 2.17. The van der Waals surface area contributed by atoms with E-state index in [-0.39, 0.29) is 6.04 Å². The lowest BCUT2D eigenvalue weighted by atomic mass is 10.0. The number of thiophene rings is 1. The summed E-state index contributed by atoms with van der Waals surface area (Å²) in [5.74, 6) is 0.895. The zero-order valence-corrected chi connectivity index (χ0v) is 11.7. The number of hydrogen-bond acceptors (Lipinski definition) is 3. The Labute approximate surface area is 112 Å². The van der Waals surface area contributed by atoms with Gasteiger partial charge in [-0.1, -0.05) is 31.2 Å². The molecule has 0 radical (unpaired) electrons. The summed E-state index contributed by atoms with van der Waals surface area (Å²) in [6.07, 6.45) is 1.95. The van der Waals surface area contributed by atoms with Gasteiger partial charge in [-0.05, 0) is 30.0 Å². The average molecular weight is 261 g/mol. The van der Waals surface area contributed by atoms with Gasteiger partial charge in [0.05, 0.1) is 7.11 Å². The summed E-state index contributed by atoms with van der Waals surface area (Å²) < 4.78 is 5.18. The van der Waals surface area contributed by atoms with Crippen LogP contribution >= 0.6 is 11.3 Å². The van der Waals surface area contributed by atoms with Crippen molar-refractivity contribution in [3.63, 3.8) is 0 Å². The molecule has 1 atom stereocenters. The van der Waals surface area contributed by atoms with Crippen LogP contribution in [0.1, 0.15) is 29.0 Å². The Balaban J connectivity index is 2.03. The van der Waals surface area contributed by atoms with Gasteiger partial charge in [-0.2, -0.15) is 0 Å². The van der Waals surface area contributed by atoms with Gasteiger partial charge in [-0.3, -0.25) is 0 Å². The number of aryl methyl sites for hydroxylation is 1. The summed E-state index contributed by atoms with van der Waals surface area (Å²) in [7, 11) is 1.68. The molecule has 0 bridgehead atoms. The largest absolute Gasteiger partial charge is 0.496 e. The van der Waals surface area contributed by atoms with Crippen molar-refractivity contribution < 1.29 is 4.74 Å². The molecule has 96 valence electrons. The van der Waals surface area contributed by atoms with Gasteiger partial charge in [0.25, 0.3) is 0 Å². The Morgan fingerprint density at radius 2 is 1.89 bits per heavy atom. The molecule has 0 saturated heterocycles. The smallest absolute Gasteiger partial charge is 0.129 e. The highest BCUT2D eigenvalue weighted by Crippen LogP contribution is 2.27. The zero-order chi connectivity index (χ0) is 13.0. The third kappa shape index (κ3) is 3.12. The average Bonchev–Trinajstić information content (AvgIpc) is 2.88. The number of rotatable bonds is 5. The lowest BCUT2D eigenvalue weighted by Crippen LogP contribution is -2.11. The van der Waals surface area contributed by atoms with E-state index in [1.54, 1.807) is 18.4 Å². The molecule has 0 amide bonds. The van der Waals surface area contributed by atoms with Gasteiger partial charge in [-0.25, -0.2) is 0 Å². The van der Waals surface area contributed by atoms with E-state index >= 15 is 0 Å². The first-order valence-corrected chi connectivity index (χ1v) is 7.06. The topological polar surface area (TPSA) is 35.2 Å². The molecule has 2 nitrogen and oxygen atoms in total. The highest BCUT2D eigenvalue weighted by atomic mass is 32.1. The number of nitrogens with two attached hydrogens (primary N) is 1. The van der Waals surface area contributed by atoms with E-state index in [2.05, 4.69) is 31.2 Å². The third-order valence-corrected chi connectivity index (χ3v) is 4.13. The van der Waals surface area contributed by atoms with Crippen molar-refractivity contribution in [3.05, 3.63) is 51.7 Å². The highest BCUT2D eigenvalue weighted by molar-refractivity contribution is 7.10. The van der Waals surface area contributed by atoms with Gasteiger partial charge in [0, 0.05) is 16.3 Å². The van der Waals surface area contributed by atoms with E-state index in [9.17, 15) is 0 Å². The minimum absolute atomic E-state index is 0.0476. The summed E-state index contributed by atoms with van der Waals surface area (Å²) in [5, 5.41) is 2.00. The molecular weight excluding hydrogens is 242 g/mol. The van der Waals surface area contributed by atoms with Crippen molar-refractivity contribution in [2.75, 3.05) is 7.11 Å². The first kappa shape index (κ1) is 13.1. The molecule has 3 heteroatoms. The molecule has 0 saturated carbocycles. The number of benzene rings is 1. The lowest BCUT2D eigenvalue weighted by molar-refractivity contribution is 0.416. The minimum Gasteiger partial charge on any atom is -0.496 e. The second kappa shape index (κ2) is 6.03. The summed E-state index contributed by atoms with van der Waals surface area (Å²) in [5.41, 5.74) is 8.87. The van der Waals surface area contributed by atoms with Crippen LogP contribution < -0.4 is 10.5 Å². The quantitative estimate of drug-likeness (QED) is 0.893. The van der Waals surface area contributed by atoms with Crippen molar-refractivity contribution in [2.24, 2.45) is 5.73 Å². The Morgan fingerprint density at radius 1 is 1.22 bits per heavy atom. The summed E-state index contributed by atoms with van der Waals surface area (Å²) in [4.78, 5) is 1.17. The maximum absolute atomic E-state index is 6.22. The molecule has 0 aliphatic heterocycles. The van der Waals surface area contributed by atoms with Crippen molar-refractivity contribution >= 4 is 11.3 Å². The van der Waals surface area contributed by atoms with Gasteiger partial charge in [-0.15, -0.1) is 11.3 Å². The maximum Gasteiger partial charge on any atom is 0.129 e. The normalized spacial score (nSPS) is 12.4. The Bertz CT molecular complexity index is 489. The minimum atomic E-state index is 0.0476. The van der Waals surface area contributed by atoms with Crippen LogP contribution in [0.4, 0.5) is 0 Å². The first-order chi connectivity index (χ1) is 8.72. The third-order valence-electron chi connectivity index (χ3n) is 3.08. The lowest BCUT2D eigenvalue weighted by Gasteiger charge is -2.10. The number of ether oxygens (including phenoxy) is 1. The van der Waals surface area contributed by atoms with E-state index in [1.807, 2.05) is 11.4 Å². The second-order valence-corrected chi connectivity index (χ2v) is 5.31. The van der Waals surface area contributed by atoms with Crippen molar-refractivity contribution in [1.29, 1.82) is 0 Å². The SMILES string of the molecule is CCc1ccc(CC(N)c2cc(OC)cs2)cc1. The fourth-order valence-electron chi connectivity index (χ4n) is 1.90. The summed E-state index contributed by atoms with van der Waals surface area (Å²) in [6, 6.07) is 10.8. The molecular formula is C15H19NOS. The van der Waals surface area contributed by atoms with E-state index < -0.39 is 0 Å². The fraction of sp³-hybridized carbons (Fsp3) is 0.333. The molecule has 0 fully saturated rings. The van der Waals surface area contributed by atoms with Crippen LogP contribution in [-0.2, 0) is 12.8 Å². The molecule has 18 heavy (non-hydrogen) atoms. The highest BCUT2D eigenvalue weighted by Gasteiger charge is 2.10. The van der Waals surface area contributed by atoms with Crippen LogP contribution in [0.3, 0.4) is 0 Å². The predicted molar refractivity (Wildman–Crippen MR) is 77.3 cm³/mol. The Hall–Kier alpha value is -1.32. The van der Waals surface area contributed by atoms with Crippen LogP contribution in [0.15, 0.2) is 35.7 Å². The molecule has 1 unspecified atom stereocenters. The molecule has 1 aromatic carbocycles. The maximum atomic E-state index is 6.22. The standard InChI is InChI=1S/C15H19NOS/c1-3-11-4-6-12(7-5-11)8-14(16)15-9-13(17-2)10-18-15/h4-7,9-10,14H,3,8,16H2,1-2H3. The summed E-state index contributed by atoms with van der Waals surface area (Å²) >= 11 is 1.66. The Kier molecular flexibility index (Phi) is 4.39. The van der Waals surface area contributed by atoms with Crippen molar-refractivity contribution in [2.45, 2.75) is 25.8 Å². The monoisotopic (exact) mass is 261 g/mol. The first-order valence-electron chi connectivity index (χ1n) is 6.18. The molecule has 2 rings (SSSR count). The van der Waals surface area contributed by atoms with Crippen LogP contribution in [0.2, 0.25) is 0 Å². The number of methoxy groups -OCH3 is 1. The molecule has 0 aliphatic rings. The second-order valence-electron chi connectivity index (χ2n) is 4.37. The molecule has 0 spiro atoms. The van der Waals surface area contributed by atoms with Gasteiger partial charge in [0.2, 0.25) is 0 Å². The van der Waals surface area contributed by atoms with E-state index in [4.69, 9.17) is 10.5 Å². The van der Waals surface area contributed by atoms with Crippen LogP contribution in [0.25, 0.3) is 0 Å². The van der Waals surface area contributed by atoms with Crippen LogP contribution in [0.5, 0.6) is 5.75 Å². The van der Waals surface area contributed by atoms with Gasteiger partial charge in [0.1, 0.15) is 5.75 Å². The molecule has 2 aromatic rings. The molecule has 0 aliphatic carbocycles. The molecule has 2 N–H and O–H groups in total. The number of hydrogen-bond donors (Lipinski definition) is 1. The van der Waals surface area contributed by atoms with Crippen LogP contribution in [-0.4, -0.2) is 7.11 Å². The van der Waals surface area contributed by atoms with E-state index in [0.717, 1.165) is 18.6 Å². The van der Waals surface area contributed by atoms with E-state index in [0.29, 0.717) is 0 Å². The van der Waals surface area contributed by atoms with Crippen molar-refractivity contribution in [3.8, 4) is 5.75 Å². The van der Waals surface area contributed by atoms with Crippen molar-refractivity contribution in [1.82, 2.24) is 0 Å².